The third-order valence-corrected chi connectivity index (χ3v) is 8.67. The summed E-state index contributed by atoms with van der Waals surface area (Å²) in [5, 5.41) is 0. The SMILES string of the molecule is C[Si](C)(C)C[Si](C)(C)O. The van der Waals surface area contributed by atoms with Crippen LogP contribution in [0.2, 0.25) is 38.4 Å². The molecule has 0 aliphatic carbocycles. The molecule has 9 heavy (non-hydrogen) atoms. The van der Waals surface area contributed by atoms with E-state index in [0.29, 0.717) is 0 Å². The highest BCUT2D eigenvalue weighted by Crippen LogP contribution is 2.16. The summed E-state index contributed by atoms with van der Waals surface area (Å²) in [7, 11) is -2.71. The molecule has 0 aliphatic rings. The zero-order valence-electron chi connectivity index (χ0n) is 7.15. The Labute approximate surface area is 60.2 Å². The van der Waals surface area contributed by atoms with Crippen molar-refractivity contribution < 1.29 is 4.80 Å². The van der Waals surface area contributed by atoms with Crippen LogP contribution in [0.1, 0.15) is 0 Å². The van der Waals surface area contributed by atoms with E-state index in [9.17, 15) is 4.80 Å². The van der Waals surface area contributed by atoms with Crippen LogP contribution in [0.3, 0.4) is 0 Å². The molecule has 1 nitrogen and oxygen atoms in total. The highest BCUT2D eigenvalue weighted by atomic mass is 28.4. The normalized spacial score (nSPS) is 14.0. The molecule has 0 unspecified atom stereocenters. The lowest BCUT2D eigenvalue weighted by atomic mass is 11.7. The van der Waals surface area contributed by atoms with Crippen LogP contribution in [0, 0.1) is 0 Å². The van der Waals surface area contributed by atoms with Gasteiger partial charge in [0.05, 0.1) is 0 Å². The average molecular weight is 162 g/mol. The second-order valence-corrected chi connectivity index (χ2v) is 14.7. The summed E-state index contributed by atoms with van der Waals surface area (Å²) in [6.07, 6.45) is 0. The quantitative estimate of drug-likeness (QED) is 0.616. The fraction of sp³-hybridized carbons (Fsp3) is 1.00. The number of hydrogen-bond donors (Lipinski definition) is 1. The first-order chi connectivity index (χ1) is 3.71. The van der Waals surface area contributed by atoms with Gasteiger partial charge in [-0.3, -0.25) is 0 Å². The zero-order chi connectivity index (χ0) is 7.71. The first-order valence-electron chi connectivity index (χ1n) is 3.43. The molecule has 0 atom stereocenters. The Bertz CT molecular complexity index is 76.2. The minimum absolute atomic E-state index is 0.981. The van der Waals surface area contributed by atoms with Crippen LogP contribution in [0.5, 0.6) is 0 Å². The molecule has 0 amide bonds. The van der Waals surface area contributed by atoms with Gasteiger partial charge in [0.25, 0.3) is 0 Å². The monoisotopic (exact) mass is 162 g/mol. The van der Waals surface area contributed by atoms with E-state index in [1.165, 1.54) is 0 Å². The zero-order valence-corrected chi connectivity index (χ0v) is 9.15. The van der Waals surface area contributed by atoms with Gasteiger partial charge < -0.3 is 4.80 Å². The summed E-state index contributed by atoms with van der Waals surface area (Å²) < 4.78 is 0. The van der Waals surface area contributed by atoms with Gasteiger partial charge in [-0.25, -0.2) is 0 Å². The fourth-order valence-corrected chi connectivity index (χ4v) is 11.7. The van der Waals surface area contributed by atoms with Crippen molar-refractivity contribution in [2.75, 3.05) is 0 Å². The van der Waals surface area contributed by atoms with Crippen molar-refractivity contribution in [2.45, 2.75) is 38.4 Å². The van der Waals surface area contributed by atoms with Crippen LogP contribution >= 0.6 is 0 Å². The van der Waals surface area contributed by atoms with Gasteiger partial charge >= 0.3 is 0 Å². The molecule has 0 aliphatic heterocycles. The highest BCUT2D eigenvalue weighted by molar-refractivity contribution is 6.91. The minimum Gasteiger partial charge on any atom is -0.433 e. The molecule has 0 spiro atoms. The van der Waals surface area contributed by atoms with Gasteiger partial charge in [-0.2, -0.15) is 0 Å². The maximum absolute atomic E-state index is 9.53. The van der Waals surface area contributed by atoms with E-state index in [2.05, 4.69) is 19.6 Å². The maximum atomic E-state index is 9.53. The van der Waals surface area contributed by atoms with Crippen molar-refractivity contribution >= 4 is 16.4 Å². The largest absolute Gasteiger partial charge is 0.433 e. The fourth-order valence-electron chi connectivity index (χ4n) is 1.30. The second-order valence-electron chi connectivity index (χ2n) is 4.55. The summed E-state index contributed by atoms with van der Waals surface area (Å²) in [5.41, 5.74) is 1.12. The van der Waals surface area contributed by atoms with E-state index in [1.54, 1.807) is 0 Å². The molecule has 0 fully saturated rings. The molecular weight excluding hydrogens is 144 g/mol. The predicted octanol–water partition coefficient (Wildman–Crippen LogP) is 2.06. The second kappa shape index (κ2) is 2.56. The molecule has 0 bridgehead atoms. The molecule has 1 N–H and O–H groups in total. The van der Waals surface area contributed by atoms with Crippen molar-refractivity contribution in [1.29, 1.82) is 0 Å². The van der Waals surface area contributed by atoms with Crippen LogP contribution in [0.4, 0.5) is 0 Å². The Hall–Kier alpha value is 0.394. The van der Waals surface area contributed by atoms with E-state index < -0.39 is 16.4 Å². The van der Waals surface area contributed by atoms with E-state index in [0.717, 1.165) is 5.67 Å². The van der Waals surface area contributed by atoms with Crippen molar-refractivity contribution in [3.05, 3.63) is 0 Å². The van der Waals surface area contributed by atoms with Gasteiger partial charge in [0.15, 0.2) is 8.32 Å². The Balaban J connectivity index is 3.75. The third-order valence-electron chi connectivity index (χ3n) is 0.963. The third kappa shape index (κ3) is 8.39. The smallest absolute Gasteiger partial charge is 0.180 e. The average Bonchev–Trinajstić information content (AvgIpc) is 1.14. The molecule has 0 aromatic heterocycles. The Morgan fingerprint density at radius 1 is 1.00 bits per heavy atom. The van der Waals surface area contributed by atoms with Crippen molar-refractivity contribution in [3.8, 4) is 0 Å². The van der Waals surface area contributed by atoms with Gasteiger partial charge in [0.1, 0.15) is 0 Å². The van der Waals surface area contributed by atoms with Crippen molar-refractivity contribution in [3.63, 3.8) is 0 Å². The molecule has 3 heteroatoms. The van der Waals surface area contributed by atoms with Crippen LogP contribution in [0.25, 0.3) is 0 Å². The van der Waals surface area contributed by atoms with Gasteiger partial charge in [0.2, 0.25) is 0 Å². The first-order valence-corrected chi connectivity index (χ1v) is 10.3. The molecule has 0 rings (SSSR count). The van der Waals surface area contributed by atoms with Gasteiger partial charge in [-0.1, -0.05) is 19.6 Å². The lowest BCUT2D eigenvalue weighted by Crippen LogP contribution is -2.37. The van der Waals surface area contributed by atoms with E-state index >= 15 is 0 Å². The molecule has 0 heterocycles. The van der Waals surface area contributed by atoms with Crippen molar-refractivity contribution in [1.82, 2.24) is 0 Å². The topological polar surface area (TPSA) is 20.2 Å². The van der Waals surface area contributed by atoms with Gasteiger partial charge in [0, 0.05) is 8.07 Å². The Kier molecular flexibility index (Phi) is 2.67. The molecule has 0 aromatic carbocycles. The maximum Gasteiger partial charge on any atom is 0.180 e. The van der Waals surface area contributed by atoms with Gasteiger partial charge in [-0.05, 0) is 18.8 Å². The highest BCUT2D eigenvalue weighted by Gasteiger charge is 2.26. The number of rotatable bonds is 2. The molecular formula is C6H18OSi2. The van der Waals surface area contributed by atoms with Crippen LogP contribution in [-0.2, 0) is 0 Å². The molecule has 0 radical (unpaired) electrons. The van der Waals surface area contributed by atoms with Crippen LogP contribution in [-0.4, -0.2) is 21.2 Å². The predicted molar refractivity (Wildman–Crippen MR) is 47.9 cm³/mol. The van der Waals surface area contributed by atoms with Gasteiger partial charge in [-0.15, -0.1) is 0 Å². The molecule has 56 valence electrons. The van der Waals surface area contributed by atoms with E-state index in [1.807, 2.05) is 13.1 Å². The number of hydrogen-bond acceptors (Lipinski definition) is 1. The van der Waals surface area contributed by atoms with Crippen molar-refractivity contribution in [2.24, 2.45) is 0 Å². The molecule has 0 saturated carbocycles. The summed E-state index contributed by atoms with van der Waals surface area (Å²) >= 11 is 0. The molecule has 0 aromatic rings. The summed E-state index contributed by atoms with van der Waals surface area (Å²) in [6.45, 7) is 10.9. The Morgan fingerprint density at radius 2 is 1.33 bits per heavy atom. The van der Waals surface area contributed by atoms with Crippen LogP contribution in [0.15, 0.2) is 0 Å². The lowest BCUT2D eigenvalue weighted by molar-refractivity contribution is 0.556. The minimum atomic E-state index is -1.73. The first kappa shape index (κ1) is 9.39. The van der Waals surface area contributed by atoms with Crippen LogP contribution < -0.4 is 0 Å². The summed E-state index contributed by atoms with van der Waals surface area (Å²) in [4.78, 5) is 9.53. The standard InChI is InChI=1S/C6H18OSi2/c1-8(2,3)6-9(4,5)7/h7H,6H2,1-5H3. The summed E-state index contributed by atoms with van der Waals surface area (Å²) in [6, 6.07) is 0. The Morgan fingerprint density at radius 3 is 1.33 bits per heavy atom. The van der Waals surface area contributed by atoms with E-state index in [4.69, 9.17) is 0 Å². The summed E-state index contributed by atoms with van der Waals surface area (Å²) in [5.74, 6) is 0. The van der Waals surface area contributed by atoms with E-state index in [-0.39, 0.29) is 0 Å². The lowest BCUT2D eigenvalue weighted by Gasteiger charge is -2.23. The molecule has 0 saturated heterocycles.